The number of nitrogens with zero attached hydrogens (tertiary/aromatic N) is 4. The molecule has 2 atom stereocenters. The van der Waals surface area contributed by atoms with Gasteiger partial charge in [0.25, 0.3) is 5.91 Å². The minimum atomic E-state index is -1.33. The molecule has 0 aliphatic carbocycles. The molecule has 2 aliphatic heterocycles. The van der Waals surface area contributed by atoms with Crippen molar-refractivity contribution in [2.45, 2.75) is 38.7 Å². The number of aliphatic carboxylic acids is 1. The summed E-state index contributed by atoms with van der Waals surface area (Å²) in [4.78, 5) is 59.3. The molecule has 14 heteroatoms. The number of nitro groups is 1. The highest BCUT2D eigenvalue weighted by atomic mass is 32.2. The lowest BCUT2D eigenvalue weighted by Gasteiger charge is -2.49. The van der Waals surface area contributed by atoms with Gasteiger partial charge < -0.3 is 15.2 Å². The number of ether oxygens (including phenoxy) is 1. The zero-order valence-electron chi connectivity index (χ0n) is 16.8. The van der Waals surface area contributed by atoms with Crippen LogP contribution in [0.4, 0.5) is 5.69 Å². The summed E-state index contributed by atoms with van der Waals surface area (Å²) >= 11 is 1.23. The number of β-lactam (4-membered cyclic amide) rings is 1. The SMILES string of the molecule is CC(=O)OCC1=C(C(=O)O)N2C(=O)[C@@H](NC(=O)Cn3nc(C)c([N+](=O)[O-])c3C)[C@@H]2SC1. The first-order valence-corrected chi connectivity index (χ1v) is 10.1. The maximum atomic E-state index is 12.6. The molecule has 1 saturated heterocycles. The van der Waals surface area contributed by atoms with E-state index in [0.29, 0.717) is 0 Å². The van der Waals surface area contributed by atoms with Crippen molar-refractivity contribution in [2.75, 3.05) is 12.4 Å². The predicted molar refractivity (Wildman–Crippen MR) is 105 cm³/mol. The monoisotopic (exact) mass is 453 g/mol. The van der Waals surface area contributed by atoms with Crippen molar-refractivity contribution in [3.05, 3.63) is 32.8 Å². The predicted octanol–water partition coefficient (Wildman–Crippen LogP) is -0.290. The van der Waals surface area contributed by atoms with E-state index < -0.39 is 40.1 Å². The number of rotatable bonds is 7. The maximum absolute atomic E-state index is 12.6. The second-order valence-corrected chi connectivity index (χ2v) is 8.03. The van der Waals surface area contributed by atoms with Gasteiger partial charge in [-0.1, -0.05) is 0 Å². The average molecular weight is 453 g/mol. The number of amides is 2. The van der Waals surface area contributed by atoms with Gasteiger partial charge in [0.15, 0.2) is 0 Å². The summed E-state index contributed by atoms with van der Waals surface area (Å²) in [6, 6.07) is -0.950. The van der Waals surface area contributed by atoms with Crippen molar-refractivity contribution in [2.24, 2.45) is 0 Å². The van der Waals surface area contributed by atoms with Crippen LogP contribution < -0.4 is 5.32 Å². The Morgan fingerprint density at radius 1 is 1.39 bits per heavy atom. The van der Waals surface area contributed by atoms with Crippen LogP contribution in [0.5, 0.6) is 0 Å². The van der Waals surface area contributed by atoms with Crippen LogP contribution in [-0.4, -0.2) is 72.2 Å². The van der Waals surface area contributed by atoms with Gasteiger partial charge in [0, 0.05) is 18.2 Å². The molecule has 31 heavy (non-hydrogen) atoms. The van der Waals surface area contributed by atoms with E-state index >= 15 is 0 Å². The number of carbonyl (C=O) groups excluding carboxylic acids is 3. The normalized spacial score (nSPS) is 20.1. The Morgan fingerprint density at radius 3 is 2.61 bits per heavy atom. The Bertz CT molecular complexity index is 1030. The van der Waals surface area contributed by atoms with Crippen molar-refractivity contribution < 1.29 is 33.9 Å². The third-order valence-electron chi connectivity index (χ3n) is 4.84. The van der Waals surface area contributed by atoms with Crippen molar-refractivity contribution in [3.63, 3.8) is 0 Å². The summed E-state index contributed by atoms with van der Waals surface area (Å²) < 4.78 is 6.04. The van der Waals surface area contributed by atoms with E-state index in [1.165, 1.54) is 37.2 Å². The minimum absolute atomic E-state index is 0.167. The second kappa shape index (κ2) is 8.37. The molecule has 166 valence electrons. The van der Waals surface area contributed by atoms with Crippen LogP contribution in [0, 0.1) is 24.0 Å². The minimum Gasteiger partial charge on any atom is -0.477 e. The smallest absolute Gasteiger partial charge is 0.352 e. The van der Waals surface area contributed by atoms with Gasteiger partial charge in [-0.25, -0.2) is 4.79 Å². The van der Waals surface area contributed by atoms with Gasteiger partial charge in [0.05, 0.1) is 4.92 Å². The zero-order chi connectivity index (χ0) is 23.0. The van der Waals surface area contributed by atoms with Gasteiger partial charge in [-0.3, -0.25) is 34.1 Å². The van der Waals surface area contributed by atoms with Crippen molar-refractivity contribution >= 4 is 41.2 Å². The Balaban J connectivity index is 1.71. The molecule has 3 heterocycles. The highest BCUT2D eigenvalue weighted by Crippen LogP contribution is 2.40. The summed E-state index contributed by atoms with van der Waals surface area (Å²) in [5.41, 5.74) is 0.225. The lowest BCUT2D eigenvalue weighted by Crippen LogP contribution is -2.70. The van der Waals surface area contributed by atoms with Crippen molar-refractivity contribution in [3.8, 4) is 0 Å². The molecule has 0 saturated carbocycles. The number of carboxylic acid groups (broad SMARTS) is 1. The molecule has 0 unspecified atom stereocenters. The Hall–Kier alpha value is -3.42. The van der Waals surface area contributed by atoms with E-state index in [9.17, 15) is 34.4 Å². The number of hydrogen-bond donors (Lipinski definition) is 2. The first-order valence-electron chi connectivity index (χ1n) is 9.04. The first-order chi connectivity index (χ1) is 14.5. The maximum Gasteiger partial charge on any atom is 0.352 e. The van der Waals surface area contributed by atoms with Gasteiger partial charge >= 0.3 is 17.6 Å². The molecule has 0 spiro atoms. The Morgan fingerprint density at radius 2 is 2.06 bits per heavy atom. The van der Waals surface area contributed by atoms with E-state index in [0.717, 1.165) is 4.90 Å². The molecule has 1 aromatic heterocycles. The van der Waals surface area contributed by atoms with Crippen LogP contribution in [0.1, 0.15) is 18.3 Å². The van der Waals surface area contributed by atoms with Gasteiger partial charge in [-0.15, -0.1) is 11.8 Å². The molecule has 0 aromatic carbocycles. The van der Waals surface area contributed by atoms with Gasteiger partial charge in [-0.2, -0.15) is 5.10 Å². The van der Waals surface area contributed by atoms with Crippen LogP contribution in [0.25, 0.3) is 0 Å². The number of carbonyl (C=O) groups is 4. The molecule has 0 bridgehead atoms. The molecule has 2 N–H and O–H groups in total. The van der Waals surface area contributed by atoms with E-state index in [1.54, 1.807) is 0 Å². The lowest BCUT2D eigenvalue weighted by atomic mass is 10.0. The number of esters is 1. The van der Waals surface area contributed by atoms with Crippen LogP contribution in [0.2, 0.25) is 0 Å². The molecule has 2 amide bonds. The topological polar surface area (TPSA) is 174 Å². The molecular formula is C17H19N5O8S. The molecule has 3 rings (SSSR count). The number of nitrogens with one attached hydrogen (secondary N) is 1. The first kappa shape index (κ1) is 22.3. The third kappa shape index (κ3) is 4.10. The number of aryl methyl sites for hydroxylation is 1. The van der Waals surface area contributed by atoms with E-state index in [-0.39, 0.29) is 47.2 Å². The molecule has 1 fully saturated rings. The summed E-state index contributed by atoms with van der Waals surface area (Å²) in [5.74, 6) is -2.90. The molecular weight excluding hydrogens is 434 g/mol. The molecule has 2 aliphatic rings. The highest BCUT2D eigenvalue weighted by molar-refractivity contribution is 8.00. The second-order valence-electron chi connectivity index (χ2n) is 6.93. The highest BCUT2D eigenvalue weighted by Gasteiger charge is 2.54. The fraction of sp³-hybridized carbons (Fsp3) is 0.471. The third-order valence-corrected chi connectivity index (χ3v) is 6.17. The van der Waals surface area contributed by atoms with E-state index in [2.05, 4.69) is 10.4 Å². The molecule has 1 aromatic rings. The largest absolute Gasteiger partial charge is 0.477 e. The number of thioether (sulfide) groups is 1. The van der Waals surface area contributed by atoms with Crippen molar-refractivity contribution in [1.82, 2.24) is 20.0 Å². The molecule has 0 radical (unpaired) electrons. The van der Waals surface area contributed by atoms with Crippen LogP contribution >= 0.6 is 11.8 Å². The van der Waals surface area contributed by atoms with Crippen molar-refractivity contribution in [1.29, 1.82) is 0 Å². The average Bonchev–Trinajstić information content (AvgIpc) is 2.96. The van der Waals surface area contributed by atoms with Crippen LogP contribution in [0.15, 0.2) is 11.3 Å². The quantitative estimate of drug-likeness (QED) is 0.242. The standard InChI is InChI=1S/C17H19N5O8S/c1-7-13(22(28)29)8(2)20(19-7)4-11(24)18-12-15(25)21-14(17(26)27)10(5-30-9(3)23)6-31-16(12)21/h12,16H,4-6H2,1-3H3,(H,18,24)(H,26,27)/t12-,16+/m1/s1. The van der Waals surface area contributed by atoms with E-state index in [1.807, 2.05) is 0 Å². The summed E-state index contributed by atoms with van der Waals surface area (Å²) in [6.07, 6.45) is 0. The fourth-order valence-corrected chi connectivity index (χ4v) is 4.77. The molecule has 13 nitrogen and oxygen atoms in total. The summed E-state index contributed by atoms with van der Waals surface area (Å²) in [7, 11) is 0. The fourth-order valence-electron chi connectivity index (χ4n) is 3.44. The van der Waals surface area contributed by atoms with Gasteiger partial charge in [0.1, 0.15) is 41.7 Å². The van der Waals surface area contributed by atoms with Gasteiger partial charge in [0.2, 0.25) is 5.91 Å². The number of aromatic nitrogens is 2. The number of carboxylic acids is 1. The Labute approximate surface area is 179 Å². The Kier molecular flexibility index (Phi) is 6.01. The van der Waals surface area contributed by atoms with Crippen LogP contribution in [0.3, 0.4) is 0 Å². The van der Waals surface area contributed by atoms with Crippen LogP contribution in [-0.2, 0) is 30.5 Å². The lowest BCUT2D eigenvalue weighted by molar-refractivity contribution is -0.386. The summed E-state index contributed by atoms with van der Waals surface area (Å²) in [5, 5.41) is 26.5. The zero-order valence-corrected chi connectivity index (χ0v) is 17.6. The van der Waals surface area contributed by atoms with Gasteiger partial charge in [-0.05, 0) is 13.8 Å². The number of hydrogen-bond acceptors (Lipinski definition) is 9. The number of fused-ring (bicyclic) bond motifs is 1. The summed E-state index contributed by atoms with van der Waals surface area (Å²) in [6.45, 7) is 3.54. The van der Waals surface area contributed by atoms with E-state index in [4.69, 9.17) is 4.74 Å².